The molecule has 1 aliphatic heterocycles. The second-order valence-electron chi connectivity index (χ2n) is 4.24. The molecule has 3 nitrogen and oxygen atoms in total. The standard InChI is InChI=1S/C9H11NO2/c11-8-6-4-1-2-5(3-4)7(6)9(12)10-8/h4-7H,1-3H2,(H,10,11,12)/t4-,5+,6-,7+. The Morgan fingerprint density at radius 1 is 1.00 bits per heavy atom. The van der Waals surface area contributed by atoms with Gasteiger partial charge in [0.05, 0.1) is 11.8 Å². The molecule has 2 aliphatic carbocycles. The molecule has 3 fully saturated rings. The van der Waals surface area contributed by atoms with Crippen LogP contribution in [-0.2, 0) is 9.59 Å². The van der Waals surface area contributed by atoms with Crippen LogP contribution in [0.5, 0.6) is 0 Å². The van der Waals surface area contributed by atoms with Crippen molar-refractivity contribution in [3.8, 4) is 0 Å². The molecule has 1 N–H and O–H groups in total. The van der Waals surface area contributed by atoms with E-state index in [2.05, 4.69) is 5.32 Å². The zero-order chi connectivity index (χ0) is 8.29. The van der Waals surface area contributed by atoms with E-state index in [-0.39, 0.29) is 23.7 Å². The van der Waals surface area contributed by atoms with E-state index >= 15 is 0 Å². The molecule has 3 aliphatic rings. The first-order chi connectivity index (χ1) is 5.77. The molecule has 0 aromatic rings. The van der Waals surface area contributed by atoms with Gasteiger partial charge in [-0.3, -0.25) is 14.9 Å². The summed E-state index contributed by atoms with van der Waals surface area (Å²) in [7, 11) is 0. The van der Waals surface area contributed by atoms with Gasteiger partial charge >= 0.3 is 0 Å². The molecular formula is C9H11NO2. The first kappa shape index (κ1) is 6.63. The van der Waals surface area contributed by atoms with Crippen LogP contribution in [0.2, 0.25) is 0 Å². The van der Waals surface area contributed by atoms with Crippen molar-refractivity contribution < 1.29 is 9.59 Å². The third kappa shape index (κ3) is 0.586. The molecule has 2 saturated carbocycles. The van der Waals surface area contributed by atoms with Crippen molar-refractivity contribution in [1.82, 2.24) is 5.32 Å². The van der Waals surface area contributed by atoms with E-state index in [1.54, 1.807) is 0 Å². The summed E-state index contributed by atoms with van der Waals surface area (Å²) < 4.78 is 0. The molecule has 0 aromatic carbocycles. The van der Waals surface area contributed by atoms with E-state index in [0.717, 1.165) is 19.3 Å². The highest BCUT2D eigenvalue weighted by atomic mass is 16.2. The van der Waals surface area contributed by atoms with Gasteiger partial charge in [-0.05, 0) is 31.1 Å². The molecule has 3 heteroatoms. The predicted molar refractivity (Wildman–Crippen MR) is 41.0 cm³/mol. The quantitative estimate of drug-likeness (QED) is 0.525. The molecule has 12 heavy (non-hydrogen) atoms. The van der Waals surface area contributed by atoms with Crippen molar-refractivity contribution >= 4 is 11.8 Å². The highest BCUT2D eigenvalue weighted by Crippen LogP contribution is 2.54. The monoisotopic (exact) mass is 165 g/mol. The summed E-state index contributed by atoms with van der Waals surface area (Å²) in [5, 5.41) is 2.44. The van der Waals surface area contributed by atoms with E-state index in [1.807, 2.05) is 0 Å². The first-order valence-electron chi connectivity index (χ1n) is 4.62. The number of carbonyl (C=O) groups is 2. The van der Waals surface area contributed by atoms with E-state index in [1.165, 1.54) is 0 Å². The lowest BCUT2D eigenvalue weighted by Crippen LogP contribution is -2.24. The fourth-order valence-corrected chi connectivity index (χ4v) is 3.33. The van der Waals surface area contributed by atoms with Crippen molar-refractivity contribution in [2.75, 3.05) is 0 Å². The topological polar surface area (TPSA) is 46.2 Å². The Morgan fingerprint density at radius 3 is 2.00 bits per heavy atom. The molecule has 1 heterocycles. The summed E-state index contributed by atoms with van der Waals surface area (Å²) in [4.78, 5) is 22.6. The average molecular weight is 165 g/mol. The van der Waals surface area contributed by atoms with Crippen LogP contribution in [0.15, 0.2) is 0 Å². The fourth-order valence-electron chi connectivity index (χ4n) is 3.33. The lowest BCUT2D eigenvalue weighted by molar-refractivity contribution is -0.126. The van der Waals surface area contributed by atoms with E-state index in [0.29, 0.717) is 11.8 Å². The second kappa shape index (κ2) is 1.90. The molecule has 0 aromatic heterocycles. The maximum atomic E-state index is 11.3. The van der Waals surface area contributed by atoms with Crippen LogP contribution in [0.25, 0.3) is 0 Å². The molecule has 0 radical (unpaired) electrons. The molecule has 64 valence electrons. The van der Waals surface area contributed by atoms with E-state index in [4.69, 9.17) is 0 Å². The van der Waals surface area contributed by atoms with Gasteiger partial charge in [0.2, 0.25) is 11.8 Å². The lowest BCUT2D eigenvalue weighted by atomic mass is 9.81. The minimum absolute atomic E-state index is 0.00259. The van der Waals surface area contributed by atoms with Crippen molar-refractivity contribution in [2.45, 2.75) is 19.3 Å². The third-order valence-electron chi connectivity index (χ3n) is 3.77. The van der Waals surface area contributed by atoms with Crippen LogP contribution >= 0.6 is 0 Å². The van der Waals surface area contributed by atoms with Gasteiger partial charge in [0, 0.05) is 0 Å². The zero-order valence-electron chi connectivity index (χ0n) is 6.75. The maximum absolute atomic E-state index is 11.3. The van der Waals surface area contributed by atoms with Crippen LogP contribution in [0.4, 0.5) is 0 Å². The highest BCUT2D eigenvalue weighted by Gasteiger charge is 2.57. The third-order valence-corrected chi connectivity index (χ3v) is 3.77. The Bertz CT molecular complexity index is 248. The molecule has 1 saturated heterocycles. The van der Waals surface area contributed by atoms with Crippen LogP contribution in [0, 0.1) is 23.7 Å². The minimum atomic E-state index is -0.00259. The smallest absolute Gasteiger partial charge is 0.230 e. The van der Waals surface area contributed by atoms with Gasteiger partial charge in [0.25, 0.3) is 0 Å². The van der Waals surface area contributed by atoms with Crippen LogP contribution in [0.3, 0.4) is 0 Å². The van der Waals surface area contributed by atoms with E-state index < -0.39 is 0 Å². The molecular weight excluding hydrogens is 154 g/mol. The summed E-state index contributed by atoms with van der Waals surface area (Å²) in [6.45, 7) is 0. The predicted octanol–water partition coefficient (Wildman–Crippen LogP) is 0.305. The zero-order valence-corrected chi connectivity index (χ0v) is 6.75. The Kier molecular flexibility index (Phi) is 1.05. The van der Waals surface area contributed by atoms with Gasteiger partial charge in [-0.25, -0.2) is 0 Å². The number of hydrogen-bond acceptors (Lipinski definition) is 2. The number of rotatable bonds is 0. The molecule has 4 atom stereocenters. The lowest BCUT2D eigenvalue weighted by Gasteiger charge is -2.19. The Balaban J connectivity index is 2.03. The number of amides is 2. The largest absolute Gasteiger partial charge is 0.296 e. The summed E-state index contributed by atoms with van der Waals surface area (Å²) >= 11 is 0. The molecule has 0 unspecified atom stereocenters. The van der Waals surface area contributed by atoms with E-state index in [9.17, 15) is 9.59 Å². The molecule has 0 spiro atoms. The van der Waals surface area contributed by atoms with Crippen LogP contribution in [0.1, 0.15) is 19.3 Å². The van der Waals surface area contributed by atoms with Crippen LogP contribution in [-0.4, -0.2) is 11.8 Å². The normalized spacial score (nSPS) is 49.7. The molecule has 3 rings (SSSR count). The van der Waals surface area contributed by atoms with Gasteiger partial charge in [-0.1, -0.05) is 0 Å². The minimum Gasteiger partial charge on any atom is -0.296 e. The average Bonchev–Trinajstić information content (AvgIpc) is 2.64. The number of hydrogen-bond donors (Lipinski definition) is 1. The Labute approximate surface area is 70.5 Å². The number of imide groups is 1. The number of nitrogens with one attached hydrogen (secondary N) is 1. The van der Waals surface area contributed by atoms with Crippen LogP contribution < -0.4 is 5.32 Å². The number of fused-ring (bicyclic) bond motifs is 5. The first-order valence-corrected chi connectivity index (χ1v) is 4.62. The second-order valence-corrected chi connectivity index (χ2v) is 4.24. The van der Waals surface area contributed by atoms with Gasteiger partial charge < -0.3 is 0 Å². The fraction of sp³-hybridized carbons (Fsp3) is 0.778. The summed E-state index contributed by atoms with van der Waals surface area (Å²) in [6, 6.07) is 0. The summed E-state index contributed by atoms with van der Waals surface area (Å²) in [5.41, 5.74) is 0. The maximum Gasteiger partial charge on any atom is 0.230 e. The van der Waals surface area contributed by atoms with Gasteiger partial charge in [-0.15, -0.1) is 0 Å². The highest BCUT2D eigenvalue weighted by molar-refractivity contribution is 6.05. The van der Waals surface area contributed by atoms with Gasteiger partial charge in [0.15, 0.2) is 0 Å². The SMILES string of the molecule is O=C1NC(=O)[C@H]2[C@H]3CC[C@H](C3)[C@@H]12. The summed E-state index contributed by atoms with van der Waals surface area (Å²) in [5.74, 6) is 1.14. The van der Waals surface area contributed by atoms with Gasteiger partial charge in [0.1, 0.15) is 0 Å². The Hall–Kier alpha value is -0.860. The van der Waals surface area contributed by atoms with Crippen molar-refractivity contribution in [3.05, 3.63) is 0 Å². The van der Waals surface area contributed by atoms with Crippen molar-refractivity contribution in [2.24, 2.45) is 23.7 Å². The molecule has 2 amide bonds. The molecule has 2 bridgehead atoms. The van der Waals surface area contributed by atoms with Gasteiger partial charge in [-0.2, -0.15) is 0 Å². The number of carbonyl (C=O) groups excluding carboxylic acids is 2. The van der Waals surface area contributed by atoms with Crippen molar-refractivity contribution in [3.63, 3.8) is 0 Å². The van der Waals surface area contributed by atoms with Crippen molar-refractivity contribution in [1.29, 1.82) is 0 Å². The summed E-state index contributed by atoms with van der Waals surface area (Å²) in [6.07, 6.45) is 3.44. The Morgan fingerprint density at radius 2 is 1.50 bits per heavy atom.